The Hall–Kier alpha value is -2.11. The first-order valence-electron chi connectivity index (χ1n) is 23.8. The quantitative estimate of drug-likeness (QED) is 0.0266. The van der Waals surface area contributed by atoms with Gasteiger partial charge in [0.05, 0.1) is 0 Å². The molecule has 6 nitrogen and oxygen atoms in total. The van der Waals surface area contributed by atoms with E-state index in [9.17, 15) is 14.4 Å². The van der Waals surface area contributed by atoms with Crippen molar-refractivity contribution >= 4 is 17.9 Å². The summed E-state index contributed by atoms with van der Waals surface area (Å²) in [5, 5.41) is 0. The van der Waals surface area contributed by atoms with Crippen molar-refractivity contribution in [2.24, 2.45) is 0 Å². The van der Waals surface area contributed by atoms with Crippen molar-refractivity contribution in [2.45, 2.75) is 258 Å². The number of hydrogen-bond acceptors (Lipinski definition) is 6. The van der Waals surface area contributed by atoms with Gasteiger partial charge in [-0.2, -0.15) is 0 Å². The average molecular weight is 775 g/mol. The SMILES string of the molecule is CCCCC/C=C\C/C=C\CCCCCCCCCCCC(=O)OCC(COC(=O)CCCCCCCCCC)OC(=O)CCCCCCCCCCCC. The van der Waals surface area contributed by atoms with Crippen molar-refractivity contribution in [2.75, 3.05) is 13.2 Å². The smallest absolute Gasteiger partial charge is 0.306 e. The lowest BCUT2D eigenvalue weighted by atomic mass is 10.1. The molecule has 0 saturated carbocycles. The third kappa shape index (κ3) is 42.9. The van der Waals surface area contributed by atoms with Gasteiger partial charge in [-0.1, -0.05) is 206 Å². The van der Waals surface area contributed by atoms with E-state index >= 15 is 0 Å². The number of ether oxygens (including phenoxy) is 3. The van der Waals surface area contributed by atoms with Crippen molar-refractivity contribution in [3.63, 3.8) is 0 Å². The maximum Gasteiger partial charge on any atom is 0.306 e. The first-order valence-corrected chi connectivity index (χ1v) is 23.8. The molecule has 55 heavy (non-hydrogen) atoms. The molecule has 0 bridgehead atoms. The third-order valence-corrected chi connectivity index (χ3v) is 10.5. The zero-order valence-electron chi connectivity index (χ0n) is 36.7. The molecule has 0 radical (unpaired) electrons. The molecule has 322 valence electrons. The first kappa shape index (κ1) is 52.9. The molecule has 6 heteroatoms. The highest BCUT2D eigenvalue weighted by molar-refractivity contribution is 5.71. The van der Waals surface area contributed by atoms with Crippen LogP contribution in [0.4, 0.5) is 0 Å². The highest BCUT2D eigenvalue weighted by Crippen LogP contribution is 2.15. The largest absolute Gasteiger partial charge is 0.462 e. The van der Waals surface area contributed by atoms with E-state index in [-0.39, 0.29) is 31.1 Å². The lowest BCUT2D eigenvalue weighted by Crippen LogP contribution is -2.30. The normalized spacial score (nSPS) is 12.1. The molecular weight excluding hydrogens is 685 g/mol. The van der Waals surface area contributed by atoms with Crippen LogP contribution in [0.3, 0.4) is 0 Å². The summed E-state index contributed by atoms with van der Waals surface area (Å²) >= 11 is 0. The minimum absolute atomic E-state index is 0.0690. The van der Waals surface area contributed by atoms with Gasteiger partial charge in [-0.05, 0) is 51.4 Å². The first-order chi connectivity index (χ1) is 27.0. The van der Waals surface area contributed by atoms with Gasteiger partial charge in [-0.3, -0.25) is 14.4 Å². The van der Waals surface area contributed by atoms with E-state index in [1.165, 1.54) is 148 Å². The molecule has 0 heterocycles. The standard InChI is InChI=1S/C49H90O6/c1-4-7-10-13-16-19-21-22-23-24-25-26-27-28-29-31-33-36-39-42-48(51)54-45-46(44-53-47(50)41-38-35-32-18-15-12-9-6-3)55-49(52)43-40-37-34-30-20-17-14-11-8-5-2/h16,19,22-23,46H,4-15,17-18,20-21,24-45H2,1-3H3/b19-16-,23-22-. The van der Waals surface area contributed by atoms with E-state index in [1.54, 1.807) is 0 Å². The molecule has 0 rings (SSSR count). The van der Waals surface area contributed by atoms with E-state index in [4.69, 9.17) is 14.2 Å². The van der Waals surface area contributed by atoms with Crippen molar-refractivity contribution in [3.8, 4) is 0 Å². The number of carbonyl (C=O) groups is 3. The topological polar surface area (TPSA) is 78.9 Å². The lowest BCUT2D eigenvalue weighted by molar-refractivity contribution is -0.167. The fraction of sp³-hybridized carbons (Fsp3) is 0.857. The second kappa shape index (κ2) is 44.6. The molecule has 0 aromatic carbocycles. The Bertz CT molecular complexity index is 896. The number of esters is 3. The second-order valence-electron chi connectivity index (χ2n) is 16.0. The summed E-state index contributed by atoms with van der Waals surface area (Å²) in [4.78, 5) is 37.6. The van der Waals surface area contributed by atoms with Crippen molar-refractivity contribution in [1.29, 1.82) is 0 Å². The van der Waals surface area contributed by atoms with Crippen molar-refractivity contribution < 1.29 is 28.6 Å². The fourth-order valence-corrected chi connectivity index (χ4v) is 6.82. The molecule has 0 saturated heterocycles. The van der Waals surface area contributed by atoms with Crippen LogP contribution < -0.4 is 0 Å². The molecule has 0 N–H and O–H groups in total. The number of carbonyl (C=O) groups excluding carboxylic acids is 3. The van der Waals surface area contributed by atoms with Gasteiger partial charge in [-0.25, -0.2) is 0 Å². The van der Waals surface area contributed by atoms with E-state index in [0.717, 1.165) is 64.2 Å². The zero-order chi connectivity index (χ0) is 40.1. The van der Waals surface area contributed by atoms with Gasteiger partial charge in [0.1, 0.15) is 13.2 Å². The van der Waals surface area contributed by atoms with E-state index in [0.29, 0.717) is 19.3 Å². The Balaban J connectivity index is 4.22. The molecule has 0 aromatic heterocycles. The Kier molecular flexibility index (Phi) is 42.9. The van der Waals surface area contributed by atoms with E-state index < -0.39 is 6.10 Å². The molecule has 0 aromatic rings. The van der Waals surface area contributed by atoms with E-state index in [1.807, 2.05) is 0 Å². The van der Waals surface area contributed by atoms with Crippen molar-refractivity contribution in [1.82, 2.24) is 0 Å². The van der Waals surface area contributed by atoms with Crippen molar-refractivity contribution in [3.05, 3.63) is 24.3 Å². The average Bonchev–Trinajstić information content (AvgIpc) is 3.18. The number of unbranched alkanes of at least 4 members (excludes halogenated alkanes) is 28. The summed E-state index contributed by atoms with van der Waals surface area (Å²) in [6.07, 6.45) is 48.8. The molecule has 0 aliphatic heterocycles. The van der Waals surface area contributed by atoms with Crippen LogP contribution in [0.5, 0.6) is 0 Å². The van der Waals surface area contributed by atoms with Gasteiger partial charge in [0.25, 0.3) is 0 Å². The minimum atomic E-state index is -0.764. The summed E-state index contributed by atoms with van der Waals surface area (Å²) in [6, 6.07) is 0. The Morgan fingerprint density at radius 2 is 0.655 bits per heavy atom. The molecule has 0 fully saturated rings. The summed E-state index contributed by atoms with van der Waals surface area (Å²) in [5.74, 6) is -0.872. The van der Waals surface area contributed by atoms with Gasteiger partial charge >= 0.3 is 17.9 Å². The Labute approximate surface area is 341 Å². The van der Waals surface area contributed by atoms with Crippen LogP contribution in [0.15, 0.2) is 24.3 Å². The summed E-state index contributed by atoms with van der Waals surface area (Å²) in [7, 11) is 0. The molecule has 1 atom stereocenters. The molecule has 1 unspecified atom stereocenters. The molecule has 0 amide bonds. The number of rotatable bonds is 43. The van der Waals surface area contributed by atoms with Crippen LogP contribution in [-0.2, 0) is 28.6 Å². The number of hydrogen-bond donors (Lipinski definition) is 0. The molecule has 0 aliphatic carbocycles. The zero-order valence-corrected chi connectivity index (χ0v) is 36.7. The second-order valence-corrected chi connectivity index (χ2v) is 16.0. The van der Waals surface area contributed by atoms with Crippen LogP contribution in [0.2, 0.25) is 0 Å². The van der Waals surface area contributed by atoms with Gasteiger partial charge in [0, 0.05) is 19.3 Å². The van der Waals surface area contributed by atoms with Crippen LogP contribution in [0.1, 0.15) is 252 Å². The summed E-state index contributed by atoms with van der Waals surface area (Å²) in [6.45, 7) is 6.58. The monoisotopic (exact) mass is 775 g/mol. The Morgan fingerprint density at radius 1 is 0.364 bits per heavy atom. The molecule has 0 spiro atoms. The summed E-state index contributed by atoms with van der Waals surface area (Å²) in [5.41, 5.74) is 0. The predicted octanol–water partition coefficient (Wildman–Crippen LogP) is 15.2. The molecule has 0 aliphatic rings. The van der Waals surface area contributed by atoms with Crippen LogP contribution in [-0.4, -0.2) is 37.2 Å². The van der Waals surface area contributed by atoms with Crippen LogP contribution in [0, 0.1) is 0 Å². The van der Waals surface area contributed by atoms with Gasteiger partial charge < -0.3 is 14.2 Å². The van der Waals surface area contributed by atoms with E-state index in [2.05, 4.69) is 45.1 Å². The molecular formula is C49H90O6. The van der Waals surface area contributed by atoms with Gasteiger partial charge in [-0.15, -0.1) is 0 Å². The maximum absolute atomic E-state index is 12.7. The summed E-state index contributed by atoms with van der Waals surface area (Å²) < 4.78 is 16.7. The highest BCUT2D eigenvalue weighted by Gasteiger charge is 2.19. The van der Waals surface area contributed by atoms with Crippen LogP contribution in [0.25, 0.3) is 0 Å². The highest BCUT2D eigenvalue weighted by atomic mass is 16.6. The minimum Gasteiger partial charge on any atom is -0.462 e. The number of allylic oxidation sites excluding steroid dienone is 4. The fourth-order valence-electron chi connectivity index (χ4n) is 6.82. The maximum atomic E-state index is 12.7. The lowest BCUT2D eigenvalue weighted by Gasteiger charge is -2.18. The van der Waals surface area contributed by atoms with Crippen LogP contribution >= 0.6 is 0 Å². The van der Waals surface area contributed by atoms with Gasteiger partial charge in [0.15, 0.2) is 6.10 Å². The Morgan fingerprint density at radius 3 is 1.04 bits per heavy atom. The predicted molar refractivity (Wildman–Crippen MR) is 233 cm³/mol. The van der Waals surface area contributed by atoms with Gasteiger partial charge in [0.2, 0.25) is 0 Å². The third-order valence-electron chi connectivity index (χ3n) is 10.5.